The monoisotopic (exact) mass is 382 g/mol. The van der Waals surface area contributed by atoms with E-state index in [-0.39, 0.29) is 5.92 Å². The summed E-state index contributed by atoms with van der Waals surface area (Å²) in [5.41, 5.74) is 1.52. The van der Waals surface area contributed by atoms with Crippen LogP contribution in [0.2, 0.25) is 0 Å². The Morgan fingerprint density at radius 1 is 1.07 bits per heavy atom. The third kappa shape index (κ3) is 2.98. The van der Waals surface area contributed by atoms with Gasteiger partial charge >= 0.3 is 0 Å². The zero-order valence-corrected chi connectivity index (χ0v) is 15.9. The second-order valence-electron chi connectivity index (χ2n) is 7.42. The summed E-state index contributed by atoms with van der Waals surface area (Å²) in [6.45, 7) is 1.67. The Bertz CT molecular complexity index is 940. The number of nitrogens with zero attached hydrogens (tertiary/aromatic N) is 4. The van der Waals surface area contributed by atoms with Crippen molar-refractivity contribution in [2.45, 2.75) is 41.7 Å². The van der Waals surface area contributed by atoms with Gasteiger partial charge in [0.15, 0.2) is 9.84 Å². The van der Waals surface area contributed by atoms with Gasteiger partial charge in [-0.1, -0.05) is 6.42 Å². The molecule has 6 nitrogen and oxygen atoms in total. The average Bonchev–Trinajstić information content (AvgIpc) is 2.68. The molecule has 0 unspecified atom stereocenters. The van der Waals surface area contributed by atoms with Gasteiger partial charge in [-0.05, 0) is 61.9 Å². The number of nitriles is 1. The Hall–Kier alpha value is -2.46. The SMILES string of the molecule is N#Cc1ccc(S(=O)(=O)C2(C3CCN(c4ccnnc4)CC3)CCC2)cc1. The molecule has 2 heterocycles. The summed E-state index contributed by atoms with van der Waals surface area (Å²) in [6, 6.07) is 10.4. The molecule has 1 saturated carbocycles. The van der Waals surface area contributed by atoms with Crippen LogP contribution in [0.5, 0.6) is 0 Å². The Kier molecular flexibility index (Phi) is 4.60. The van der Waals surface area contributed by atoms with Crippen molar-refractivity contribution in [3.05, 3.63) is 48.3 Å². The van der Waals surface area contributed by atoms with Crippen molar-refractivity contribution in [1.29, 1.82) is 5.26 Å². The molecule has 0 radical (unpaired) electrons. The first-order valence-corrected chi connectivity index (χ1v) is 10.8. The van der Waals surface area contributed by atoms with E-state index in [4.69, 9.17) is 5.26 Å². The lowest BCUT2D eigenvalue weighted by Gasteiger charge is -2.49. The molecule has 0 spiro atoms. The first-order valence-electron chi connectivity index (χ1n) is 9.33. The molecule has 1 aromatic heterocycles. The van der Waals surface area contributed by atoms with Gasteiger partial charge in [-0.25, -0.2) is 8.42 Å². The maximum atomic E-state index is 13.5. The Morgan fingerprint density at radius 3 is 2.30 bits per heavy atom. The predicted molar refractivity (Wildman–Crippen MR) is 102 cm³/mol. The van der Waals surface area contributed by atoms with E-state index in [9.17, 15) is 8.42 Å². The van der Waals surface area contributed by atoms with Gasteiger partial charge in [0.2, 0.25) is 0 Å². The highest BCUT2D eigenvalue weighted by atomic mass is 32.2. The number of hydrogen-bond donors (Lipinski definition) is 0. The number of sulfone groups is 1. The van der Waals surface area contributed by atoms with Gasteiger partial charge in [0.05, 0.1) is 39.4 Å². The van der Waals surface area contributed by atoms with E-state index in [0.29, 0.717) is 10.5 Å². The number of rotatable bonds is 4. The number of anilines is 1. The van der Waals surface area contributed by atoms with E-state index < -0.39 is 14.6 Å². The topological polar surface area (TPSA) is 87.0 Å². The first kappa shape index (κ1) is 17.9. The van der Waals surface area contributed by atoms with Crippen molar-refractivity contribution in [1.82, 2.24) is 10.2 Å². The van der Waals surface area contributed by atoms with Crippen LogP contribution in [0.25, 0.3) is 0 Å². The van der Waals surface area contributed by atoms with Gasteiger partial charge < -0.3 is 4.90 Å². The Balaban J connectivity index is 1.55. The highest BCUT2D eigenvalue weighted by Crippen LogP contribution is 2.51. The van der Waals surface area contributed by atoms with Crippen LogP contribution in [0.3, 0.4) is 0 Å². The molecule has 2 aromatic rings. The zero-order valence-electron chi connectivity index (χ0n) is 15.1. The van der Waals surface area contributed by atoms with Crippen LogP contribution in [0.4, 0.5) is 5.69 Å². The van der Waals surface area contributed by atoms with Gasteiger partial charge in [0.1, 0.15) is 0 Å². The van der Waals surface area contributed by atoms with Crippen molar-refractivity contribution < 1.29 is 8.42 Å². The largest absolute Gasteiger partial charge is 0.370 e. The lowest BCUT2D eigenvalue weighted by atomic mass is 9.71. The van der Waals surface area contributed by atoms with E-state index in [1.807, 2.05) is 12.1 Å². The van der Waals surface area contributed by atoms with Gasteiger partial charge in [0, 0.05) is 13.1 Å². The zero-order chi connectivity index (χ0) is 18.9. The summed E-state index contributed by atoms with van der Waals surface area (Å²) in [7, 11) is -3.42. The quantitative estimate of drug-likeness (QED) is 0.808. The highest BCUT2D eigenvalue weighted by Gasteiger charge is 2.54. The molecule has 1 aliphatic carbocycles. The molecule has 2 aliphatic rings. The van der Waals surface area contributed by atoms with E-state index in [1.165, 1.54) is 0 Å². The Morgan fingerprint density at radius 2 is 1.78 bits per heavy atom. The van der Waals surface area contributed by atoms with Crippen molar-refractivity contribution >= 4 is 15.5 Å². The van der Waals surface area contributed by atoms with Crippen LogP contribution >= 0.6 is 0 Å². The van der Waals surface area contributed by atoms with Crippen molar-refractivity contribution in [3.63, 3.8) is 0 Å². The fourth-order valence-electron chi connectivity index (χ4n) is 4.50. The summed E-state index contributed by atoms with van der Waals surface area (Å²) < 4.78 is 26.3. The van der Waals surface area contributed by atoms with E-state index in [2.05, 4.69) is 15.1 Å². The highest BCUT2D eigenvalue weighted by molar-refractivity contribution is 7.93. The fraction of sp³-hybridized carbons (Fsp3) is 0.450. The molecular formula is C20H22N4O2S. The first-order chi connectivity index (χ1) is 13.1. The normalized spacial score (nSPS) is 19.9. The fourth-order valence-corrected chi connectivity index (χ4v) is 6.96. The molecule has 2 fully saturated rings. The second kappa shape index (κ2) is 6.93. The van der Waals surface area contributed by atoms with E-state index in [1.54, 1.807) is 36.7 Å². The minimum Gasteiger partial charge on any atom is -0.370 e. The number of benzene rings is 1. The molecule has 4 rings (SSSR count). The molecule has 0 amide bonds. The van der Waals surface area contributed by atoms with Gasteiger partial charge in [-0.2, -0.15) is 15.5 Å². The van der Waals surface area contributed by atoms with Crippen molar-refractivity contribution in [3.8, 4) is 6.07 Å². The third-order valence-electron chi connectivity index (χ3n) is 6.20. The molecule has 1 aliphatic heterocycles. The second-order valence-corrected chi connectivity index (χ2v) is 9.71. The molecule has 7 heteroatoms. The lowest BCUT2D eigenvalue weighted by molar-refractivity contribution is 0.200. The number of piperidine rings is 1. The summed E-state index contributed by atoms with van der Waals surface area (Å²) in [4.78, 5) is 2.60. The predicted octanol–water partition coefficient (Wildman–Crippen LogP) is 2.96. The van der Waals surface area contributed by atoms with Crippen LogP contribution in [0.15, 0.2) is 47.6 Å². The summed E-state index contributed by atoms with van der Waals surface area (Å²) >= 11 is 0. The lowest BCUT2D eigenvalue weighted by Crippen LogP contribution is -2.54. The average molecular weight is 382 g/mol. The molecule has 27 heavy (non-hydrogen) atoms. The van der Waals surface area contributed by atoms with Crippen LogP contribution in [-0.4, -0.2) is 36.5 Å². The molecule has 0 bridgehead atoms. The molecule has 1 saturated heterocycles. The van der Waals surface area contributed by atoms with Crippen LogP contribution < -0.4 is 4.90 Å². The van der Waals surface area contributed by atoms with E-state index >= 15 is 0 Å². The van der Waals surface area contributed by atoms with Gasteiger partial charge in [-0.3, -0.25) is 0 Å². The van der Waals surface area contributed by atoms with Crippen LogP contribution in [-0.2, 0) is 9.84 Å². The smallest absolute Gasteiger partial charge is 0.184 e. The number of aromatic nitrogens is 2. The van der Waals surface area contributed by atoms with E-state index in [0.717, 1.165) is 50.9 Å². The maximum Gasteiger partial charge on any atom is 0.184 e. The molecule has 0 N–H and O–H groups in total. The minimum atomic E-state index is -3.42. The maximum absolute atomic E-state index is 13.5. The van der Waals surface area contributed by atoms with Gasteiger partial charge in [-0.15, -0.1) is 0 Å². The molecule has 1 aromatic carbocycles. The summed E-state index contributed by atoms with van der Waals surface area (Å²) in [6.07, 6.45) is 7.59. The van der Waals surface area contributed by atoms with Crippen LogP contribution in [0, 0.1) is 17.2 Å². The van der Waals surface area contributed by atoms with Crippen LogP contribution in [0.1, 0.15) is 37.7 Å². The third-order valence-corrected chi connectivity index (χ3v) is 8.91. The minimum absolute atomic E-state index is 0.165. The van der Waals surface area contributed by atoms with Gasteiger partial charge in [0.25, 0.3) is 0 Å². The molecule has 0 atom stereocenters. The summed E-state index contributed by atoms with van der Waals surface area (Å²) in [5.74, 6) is 0.165. The van der Waals surface area contributed by atoms with Crippen molar-refractivity contribution in [2.24, 2.45) is 5.92 Å². The standard InChI is InChI=1S/C20H22N4O2S/c21-14-16-2-4-19(5-3-16)27(25,26)20(9-1-10-20)17-7-12-24(13-8-17)18-6-11-22-23-15-18/h2-6,11,15,17H,1,7-10,12-13H2. The Labute approximate surface area is 159 Å². The number of hydrogen-bond acceptors (Lipinski definition) is 6. The summed E-state index contributed by atoms with van der Waals surface area (Å²) in [5, 5.41) is 16.7. The molecular weight excluding hydrogens is 360 g/mol. The van der Waals surface area contributed by atoms with Crippen molar-refractivity contribution in [2.75, 3.05) is 18.0 Å². The molecule has 140 valence electrons.